The third-order valence-corrected chi connectivity index (χ3v) is 7.94. The summed E-state index contributed by atoms with van der Waals surface area (Å²) >= 11 is 1.60. The molecule has 0 bridgehead atoms. The lowest BCUT2D eigenvalue weighted by atomic mass is 10.5. The van der Waals surface area contributed by atoms with E-state index in [1.807, 2.05) is 0 Å². The van der Waals surface area contributed by atoms with E-state index in [-0.39, 0.29) is 19.8 Å². The van der Waals surface area contributed by atoms with Crippen LogP contribution in [0.1, 0.15) is 20.8 Å². The molecule has 0 spiro atoms. The minimum Gasteiger partial charge on any atom is -0.373 e. The minimum atomic E-state index is -3.39. The quantitative estimate of drug-likeness (QED) is 0.347. The predicted octanol–water partition coefficient (Wildman–Crippen LogP) is 2.98. The van der Waals surface area contributed by atoms with Crippen molar-refractivity contribution in [1.29, 1.82) is 0 Å². The lowest BCUT2D eigenvalue weighted by Gasteiger charge is -2.33. The maximum absolute atomic E-state index is 13.4. The van der Waals surface area contributed by atoms with Crippen LogP contribution in [-0.4, -0.2) is 44.8 Å². The molecule has 0 radical (unpaired) electrons. The van der Waals surface area contributed by atoms with Crippen LogP contribution >= 0.6 is 22.6 Å². The van der Waals surface area contributed by atoms with Crippen molar-refractivity contribution in [2.24, 2.45) is 0 Å². The summed E-state index contributed by atoms with van der Waals surface area (Å²) in [6, 6.07) is 0. The van der Waals surface area contributed by atoms with Crippen molar-refractivity contribution >= 4 is 31.4 Å². The molecular formula is C9H18F3IO3Si. The molecule has 17 heavy (non-hydrogen) atoms. The second-order valence-corrected chi connectivity index (χ2v) is 8.30. The Hall–Kier alpha value is 0.617. The summed E-state index contributed by atoms with van der Waals surface area (Å²) in [6.45, 7) is 5.79. The van der Waals surface area contributed by atoms with Gasteiger partial charge in [-0.1, -0.05) is 22.6 Å². The highest BCUT2D eigenvalue weighted by atomic mass is 127. The Morgan fingerprint density at radius 3 is 1.53 bits per heavy atom. The van der Waals surface area contributed by atoms with E-state index in [2.05, 4.69) is 0 Å². The van der Waals surface area contributed by atoms with E-state index >= 15 is 0 Å². The van der Waals surface area contributed by atoms with Crippen LogP contribution in [0.15, 0.2) is 0 Å². The molecule has 0 N–H and O–H groups in total. The molecule has 0 aromatic rings. The van der Waals surface area contributed by atoms with E-state index in [9.17, 15) is 13.2 Å². The highest BCUT2D eigenvalue weighted by Crippen LogP contribution is 2.29. The molecule has 0 fully saturated rings. The van der Waals surface area contributed by atoms with Gasteiger partial charge < -0.3 is 13.3 Å². The number of halogens is 4. The largest absolute Gasteiger partial charge is 0.517 e. The summed E-state index contributed by atoms with van der Waals surface area (Å²) in [5, 5.41) is 0. The van der Waals surface area contributed by atoms with Gasteiger partial charge in [0.2, 0.25) is 0 Å². The number of rotatable bonds is 9. The van der Waals surface area contributed by atoms with Crippen LogP contribution in [-0.2, 0) is 13.3 Å². The van der Waals surface area contributed by atoms with E-state index in [0.717, 1.165) is 0 Å². The van der Waals surface area contributed by atoms with Crippen molar-refractivity contribution in [1.82, 2.24) is 0 Å². The van der Waals surface area contributed by atoms with Gasteiger partial charge >= 0.3 is 8.80 Å². The summed E-state index contributed by atoms with van der Waals surface area (Å²) in [6.07, 6.45) is -5.38. The van der Waals surface area contributed by atoms with Crippen LogP contribution in [0.3, 0.4) is 0 Å². The Morgan fingerprint density at radius 2 is 1.29 bits per heavy atom. The summed E-state index contributed by atoms with van der Waals surface area (Å²) in [4.78, 5) is 0. The average molecular weight is 386 g/mol. The molecule has 3 nitrogen and oxygen atoms in total. The zero-order valence-corrected chi connectivity index (χ0v) is 13.2. The molecular weight excluding hydrogens is 368 g/mol. The van der Waals surface area contributed by atoms with Crippen molar-refractivity contribution < 1.29 is 26.4 Å². The molecule has 8 heteroatoms. The molecule has 0 aliphatic carbocycles. The molecule has 0 amide bonds. The van der Waals surface area contributed by atoms with Crippen LogP contribution in [0.4, 0.5) is 13.2 Å². The van der Waals surface area contributed by atoms with Gasteiger partial charge in [0.15, 0.2) is 6.17 Å². The third kappa shape index (κ3) is 5.01. The van der Waals surface area contributed by atoms with Crippen molar-refractivity contribution in [2.75, 3.05) is 19.8 Å². The molecule has 2 atom stereocenters. The normalized spacial score (nSPS) is 16.2. The lowest BCUT2D eigenvalue weighted by molar-refractivity contribution is 0.0253. The Morgan fingerprint density at radius 1 is 0.941 bits per heavy atom. The zero-order chi connectivity index (χ0) is 13.5. The van der Waals surface area contributed by atoms with E-state index < -0.39 is 24.9 Å². The maximum Gasteiger partial charge on any atom is 0.517 e. The van der Waals surface area contributed by atoms with Gasteiger partial charge in [0.25, 0.3) is 6.43 Å². The maximum atomic E-state index is 13.4. The van der Waals surface area contributed by atoms with E-state index in [0.29, 0.717) is 0 Å². The van der Waals surface area contributed by atoms with Crippen LogP contribution < -0.4 is 0 Å². The van der Waals surface area contributed by atoms with E-state index in [4.69, 9.17) is 13.3 Å². The van der Waals surface area contributed by atoms with E-state index in [1.54, 1.807) is 43.4 Å². The fraction of sp³-hybridized carbons (Fsp3) is 1.00. The van der Waals surface area contributed by atoms with Gasteiger partial charge in [-0.15, -0.1) is 0 Å². The van der Waals surface area contributed by atoms with Gasteiger partial charge in [0.05, 0.1) is 0 Å². The van der Waals surface area contributed by atoms with Gasteiger partial charge in [-0.05, 0) is 20.8 Å². The van der Waals surface area contributed by atoms with Crippen LogP contribution in [0, 0.1) is 0 Å². The van der Waals surface area contributed by atoms with Gasteiger partial charge in [0.1, 0.15) is 3.55 Å². The highest BCUT2D eigenvalue weighted by Gasteiger charge is 2.54. The SMILES string of the molecule is CCO[Si](OCC)(OCC)C(I)C(F)C(F)F. The molecule has 0 saturated heterocycles. The van der Waals surface area contributed by atoms with Crippen LogP contribution in [0.5, 0.6) is 0 Å². The standard InChI is InChI=1S/C9H18F3IO3Si/c1-4-14-17(15-5-2,16-6-3)9(13)7(10)8(11)12/h7-9H,4-6H2,1-3H3. The molecule has 0 saturated carbocycles. The van der Waals surface area contributed by atoms with Crippen molar-refractivity contribution in [3.05, 3.63) is 0 Å². The molecule has 0 aliphatic rings. The smallest absolute Gasteiger partial charge is 0.373 e. The summed E-state index contributed by atoms with van der Waals surface area (Å²) in [5.74, 6) is 0. The Bertz CT molecular complexity index is 195. The molecule has 0 aromatic heterocycles. The fourth-order valence-corrected chi connectivity index (χ4v) is 5.69. The van der Waals surface area contributed by atoms with Crippen molar-refractivity contribution in [2.45, 2.75) is 36.9 Å². The summed E-state index contributed by atoms with van der Waals surface area (Å²) in [7, 11) is -3.39. The first-order valence-corrected chi connectivity index (χ1v) is 8.48. The zero-order valence-electron chi connectivity index (χ0n) is 10.1. The highest BCUT2D eigenvalue weighted by molar-refractivity contribution is 14.1. The molecule has 2 unspecified atom stereocenters. The van der Waals surface area contributed by atoms with Gasteiger partial charge in [0, 0.05) is 19.8 Å². The summed E-state index contributed by atoms with van der Waals surface area (Å²) < 4.78 is 53.2. The first-order valence-electron chi connectivity index (χ1n) is 5.43. The summed E-state index contributed by atoms with van der Waals surface area (Å²) in [5.41, 5.74) is 0. The number of hydrogen-bond acceptors (Lipinski definition) is 3. The molecule has 0 rings (SSSR count). The molecule has 104 valence electrons. The second-order valence-electron chi connectivity index (χ2n) is 3.08. The van der Waals surface area contributed by atoms with Crippen LogP contribution in [0.25, 0.3) is 0 Å². The first kappa shape index (κ1) is 17.6. The Balaban J connectivity index is 4.95. The monoisotopic (exact) mass is 386 g/mol. The van der Waals surface area contributed by atoms with Crippen molar-refractivity contribution in [3.63, 3.8) is 0 Å². The second kappa shape index (κ2) is 8.67. The van der Waals surface area contributed by atoms with Gasteiger partial charge in [-0.25, -0.2) is 13.2 Å². The Kier molecular flexibility index (Phi) is 8.99. The van der Waals surface area contributed by atoms with Crippen LogP contribution in [0.2, 0.25) is 0 Å². The van der Waals surface area contributed by atoms with Gasteiger partial charge in [-0.3, -0.25) is 0 Å². The fourth-order valence-electron chi connectivity index (χ4n) is 1.29. The van der Waals surface area contributed by atoms with Crippen molar-refractivity contribution in [3.8, 4) is 0 Å². The number of alkyl halides is 4. The minimum absolute atomic E-state index is 0.238. The molecule has 0 aliphatic heterocycles. The topological polar surface area (TPSA) is 27.7 Å². The third-order valence-electron chi connectivity index (χ3n) is 1.89. The number of hydrogen-bond donors (Lipinski definition) is 0. The lowest BCUT2D eigenvalue weighted by Crippen LogP contribution is -2.58. The average Bonchev–Trinajstić information content (AvgIpc) is 2.27. The Labute approximate surface area is 115 Å². The predicted molar refractivity (Wildman–Crippen MR) is 69.3 cm³/mol. The van der Waals surface area contributed by atoms with Gasteiger partial charge in [-0.2, -0.15) is 0 Å². The first-order chi connectivity index (χ1) is 7.95. The van der Waals surface area contributed by atoms with E-state index in [1.165, 1.54) is 0 Å². The molecule has 0 aromatic carbocycles. The molecule has 0 heterocycles.